The summed E-state index contributed by atoms with van der Waals surface area (Å²) in [5.41, 5.74) is 1.56. The number of carbonyl (C=O) groups excluding carboxylic acids is 4. The van der Waals surface area contributed by atoms with Crippen molar-refractivity contribution in [1.82, 2.24) is 4.90 Å². The molecule has 1 unspecified atom stereocenters. The Bertz CT molecular complexity index is 708. The van der Waals surface area contributed by atoms with Gasteiger partial charge < -0.3 is 9.69 Å². The van der Waals surface area contributed by atoms with E-state index in [2.05, 4.69) is 18.7 Å². The maximum Gasteiger partial charge on any atom is 0.262 e. The zero-order valence-corrected chi connectivity index (χ0v) is 15.7. The first-order valence-electron chi connectivity index (χ1n) is 9.17. The zero-order chi connectivity index (χ0) is 19.3. The van der Waals surface area contributed by atoms with Gasteiger partial charge in [-0.25, -0.2) is 0 Å². The summed E-state index contributed by atoms with van der Waals surface area (Å²) < 4.78 is 0. The number of fused-ring (bicyclic) bond motifs is 1. The number of hydrogen-bond acceptors (Lipinski definition) is 5. The molecule has 2 rings (SSSR count). The van der Waals surface area contributed by atoms with Crippen molar-refractivity contribution in [2.75, 3.05) is 18.0 Å². The minimum atomic E-state index is -0.890. The fourth-order valence-corrected chi connectivity index (χ4v) is 3.38. The molecule has 1 aliphatic heterocycles. The Labute approximate surface area is 154 Å². The van der Waals surface area contributed by atoms with Crippen LogP contribution in [0.2, 0.25) is 0 Å². The number of amides is 2. The van der Waals surface area contributed by atoms with Gasteiger partial charge in [0.05, 0.1) is 17.2 Å². The molecular formula is C20H26N2O4. The second kappa shape index (κ2) is 8.74. The molecule has 140 valence electrons. The SMILES string of the molecule is CCCN(CCC)c1ccc2c(c1)C(=O)N(C(CCC=O)C(C)=O)C2=O. The van der Waals surface area contributed by atoms with Crippen LogP contribution >= 0.6 is 0 Å². The van der Waals surface area contributed by atoms with Crippen LogP contribution in [0.5, 0.6) is 0 Å². The van der Waals surface area contributed by atoms with Gasteiger partial charge in [-0.3, -0.25) is 19.3 Å². The molecule has 1 atom stereocenters. The molecule has 6 heteroatoms. The lowest BCUT2D eigenvalue weighted by Gasteiger charge is -2.24. The van der Waals surface area contributed by atoms with Crippen molar-refractivity contribution in [1.29, 1.82) is 0 Å². The fourth-order valence-electron chi connectivity index (χ4n) is 3.38. The molecule has 0 radical (unpaired) electrons. The number of ketones is 1. The second-order valence-corrected chi connectivity index (χ2v) is 6.57. The molecule has 1 aliphatic rings. The summed E-state index contributed by atoms with van der Waals surface area (Å²) >= 11 is 0. The number of aldehydes is 1. The molecular weight excluding hydrogens is 332 g/mol. The number of benzene rings is 1. The molecule has 0 fully saturated rings. The van der Waals surface area contributed by atoms with Crippen LogP contribution in [0.15, 0.2) is 18.2 Å². The van der Waals surface area contributed by atoms with Crippen LogP contribution in [0.4, 0.5) is 5.69 Å². The number of anilines is 1. The molecule has 0 saturated carbocycles. The van der Waals surface area contributed by atoms with Crippen molar-refractivity contribution >= 4 is 29.6 Å². The fraction of sp³-hybridized carbons (Fsp3) is 0.500. The lowest BCUT2D eigenvalue weighted by atomic mass is 10.1. The van der Waals surface area contributed by atoms with E-state index < -0.39 is 17.9 Å². The Morgan fingerprint density at radius 3 is 2.27 bits per heavy atom. The predicted molar refractivity (Wildman–Crippen MR) is 99.5 cm³/mol. The van der Waals surface area contributed by atoms with Crippen LogP contribution in [0, 0.1) is 0 Å². The summed E-state index contributed by atoms with van der Waals surface area (Å²) in [4.78, 5) is 51.4. The normalized spacial score (nSPS) is 14.3. The topological polar surface area (TPSA) is 74.8 Å². The van der Waals surface area contributed by atoms with E-state index in [-0.39, 0.29) is 18.6 Å². The molecule has 0 N–H and O–H groups in total. The van der Waals surface area contributed by atoms with Gasteiger partial charge in [-0.1, -0.05) is 13.8 Å². The Morgan fingerprint density at radius 2 is 1.73 bits per heavy atom. The smallest absolute Gasteiger partial charge is 0.262 e. The van der Waals surface area contributed by atoms with Crippen molar-refractivity contribution in [2.45, 2.75) is 52.5 Å². The third-order valence-electron chi connectivity index (χ3n) is 4.59. The summed E-state index contributed by atoms with van der Waals surface area (Å²) in [5.74, 6) is -1.20. The maximum atomic E-state index is 12.9. The molecule has 0 saturated heterocycles. The van der Waals surface area contributed by atoms with Crippen molar-refractivity contribution in [2.24, 2.45) is 0 Å². The van der Waals surface area contributed by atoms with E-state index in [1.54, 1.807) is 12.1 Å². The molecule has 0 bridgehead atoms. The Morgan fingerprint density at radius 1 is 1.12 bits per heavy atom. The van der Waals surface area contributed by atoms with Gasteiger partial charge in [-0.15, -0.1) is 0 Å². The first-order valence-corrected chi connectivity index (χ1v) is 9.17. The molecule has 2 amide bonds. The molecule has 1 heterocycles. The highest BCUT2D eigenvalue weighted by molar-refractivity contribution is 6.23. The molecule has 6 nitrogen and oxygen atoms in total. The average Bonchev–Trinajstić information content (AvgIpc) is 2.86. The largest absolute Gasteiger partial charge is 0.372 e. The lowest BCUT2D eigenvalue weighted by Crippen LogP contribution is -2.44. The quantitative estimate of drug-likeness (QED) is 0.475. The van der Waals surface area contributed by atoms with E-state index >= 15 is 0 Å². The molecule has 0 aromatic heterocycles. The number of carbonyl (C=O) groups is 4. The zero-order valence-electron chi connectivity index (χ0n) is 15.7. The average molecular weight is 358 g/mol. The Kier molecular flexibility index (Phi) is 6.66. The van der Waals surface area contributed by atoms with Crippen LogP contribution in [0.25, 0.3) is 0 Å². The monoisotopic (exact) mass is 358 g/mol. The molecule has 0 aliphatic carbocycles. The highest BCUT2D eigenvalue weighted by Gasteiger charge is 2.41. The van der Waals surface area contributed by atoms with Crippen LogP contribution in [0.1, 0.15) is 67.2 Å². The van der Waals surface area contributed by atoms with Crippen LogP contribution in [-0.4, -0.2) is 47.9 Å². The van der Waals surface area contributed by atoms with Gasteiger partial charge in [0.2, 0.25) is 0 Å². The summed E-state index contributed by atoms with van der Waals surface area (Å²) in [7, 11) is 0. The van der Waals surface area contributed by atoms with Gasteiger partial charge in [0.1, 0.15) is 6.29 Å². The van der Waals surface area contributed by atoms with Crippen molar-refractivity contribution in [3.63, 3.8) is 0 Å². The van der Waals surface area contributed by atoms with Crippen molar-refractivity contribution in [3.8, 4) is 0 Å². The summed E-state index contributed by atoms with van der Waals surface area (Å²) in [5, 5.41) is 0. The van der Waals surface area contributed by atoms with Gasteiger partial charge in [-0.05, 0) is 44.4 Å². The number of nitrogens with zero attached hydrogens (tertiary/aromatic N) is 2. The summed E-state index contributed by atoms with van der Waals surface area (Å²) in [6.45, 7) is 7.27. The first kappa shape index (κ1) is 19.8. The van der Waals surface area contributed by atoms with Gasteiger partial charge >= 0.3 is 0 Å². The van der Waals surface area contributed by atoms with E-state index in [0.717, 1.165) is 36.5 Å². The molecule has 1 aromatic carbocycles. The third-order valence-corrected chi connectivity index (χ3v) is 4.59. The highest BCUT2D eigenvalue weighted by Crippen LogP contribution is 2.30. The first-order chi connectivity index (χ1) is 12.5. The number of rotatable bonds is 10. The predicted octanol–water partition coefficient (Wildman–Crippen LogP) is 2.85. The van der Waals surface area contributed by atoms with Gasteiger partial charge in [0.25, 0.3) is 11.8 Å². The van der Waals surface area contributed by atoms with Crippen molar-refractivity contribution in [3.05, 3.63) is 29.3 Å². The number of hydrogen-bond donors (Lipinski definition) is 0. The summed E-state index contributed by atoms with van der Waals surface area (Å²) in [6, 6.07) is 4.38. The molecule has 0 spiro atoms. The van der Waals surface area contributed by atoms with Crippen LogP contribution < -0.4 is 4.90 Å². The minimum absolute atomic E-state index is 0.129. The van der Waals surface area contributed by atoms with Gasteiger partial charge in [0.15, 0.2) is 5.78 Å². The van der Waals surface area contributed by atoms with E-state index in [0.29, 0.717) is 17.4 Å². The Balaban J connectivity index is 2.36. The maximum absolute atomic E-state index is 12.9. The van der Waals surface area contributed by atoms with E-state index in [1.165, 1.54) is 6.92 Å². The second-order valence-electron chi connectivity index (χ2n) is 6.57. The van der Waals surface area contributed by atoms with Gasteiger partial charge in [-0.2, -0.15) is 0 Å². The third kappa shape index (κ3) is 3.84. The van der Waals surface area contributed by atoms with E-state index in [9.17, 15) is 19.2 Å². The minimum Gasteiger partial charge on any atom is -0.372 e. The highest BCUT2D eigenvalue weighted by atomic mass is 16.2. The van der Waals surface area contributed by atoms with Gasteiger partial charge in [0, 0.05) is 25.2 Å². The lowest BCUT2D eigenvalue weighted by molar-refractivity contribution is -0.121. The van der Waals surface area contributed by atoms with E-state index in [4.69, 9.17) is 0 Å². The molecule has 1 aromatic rings. The summed E-state index contributed by atoms with van der Waals surface area (Å²) in [6.07, 6.45) is 2.95. The van der Waals surface area contributed by atoms with E-state index in [1.807, 2.05) is 6.07 Å². The van der Waals surface area contributed by atoms with Crippen molar-refractivity contribution < 1.29 is 19.2 Å². The number of Topliss-reactive ketones (excluding diaryl/α,β-unsaturated/α-hetero) is 1. The Hall–Kier alpha value is -2.50. The van der Waals surface area contributed by atoms with Crippen LogP contribution in [-0.2, 0) is 9.59 Å². The van der Waals surface area contributed by atoms with Crippen LogP contribution in [0.3, 0.4) is 0 Å². The number of imide groups is 1. The molecule has 26 heavy (non-hydrogen) atoms. The standard InChI is InChI=1S/C20H26N2O4/c1-4-10-21(11-5-2)15-8-9-16-17(13-15)20(26)22(19(16)25)18(14(3)24)7-6-12-23/h8-9,12-13,18H,4-7,10-11H2,1-3H3.